The van der Waals surface area contributed by atoms with Crippen molar-refractivity contribution in [3.63, 3.8) is 0 Å². The SMILES string of the molecule is CC(=O)N[C@H](C)Cc1c(-c2nc(C)nn2-c2ccccn2)[nH]c2ccccc12. The zero-order chi connectivity index (χ0) is 19.7. The number of hydrogen-bond acceptors (Lipinski definition) is 4. The van der Waals surface area contributed by atoms with Crippen molar-refractivity contribution in [3.05, 3.63) is 60.0 Å². The van der Waals surface area contributed by atoms with Gasteiger partial charge in [-0.15, -0.1) is 5.10 Å². The van der Waals surface area contributed by atoms with Gasteiger partial charge < -0.3 is 10.3 Å². The van der Waals surface area contributed by atoms with Crippen LogP contribution in [-0.2, 0) is 11.2 Å². The van der Waals surface area contributed by atoms with Crippen LogP contribution in [0.3, 0.4) is 0 Å². The fourth-order valence-electron chi connectivity index (χ4n) is 3.52. The van der Waals surface area contributed by atoms with Crippen molar-refractivity contribution in [1.82, 2.24) is 30.0 Å². The molecule has 4 aromatic rings. The molecule has 142 valence electrons. The number of aromatic amines is 1. The van der Waals surface area contributed by atoms with Crippen LogP contribution in [0.15, 0.2) is 48.7 Å². The summed E-state index contributed by atoms with van der Waals surface area (Å²) in [5.41, 5.74) is 3.02. The third-order valence-electron chi connectivity index (χ3n) is 4.58. The van der Waals surface area contributed by atoms with E-state index in [0.717, 1.165) is 22.2 Å². The van der Waals surface area contributed by atoms with Crippen molar-refractivity contribution in [3.8, 4) is 17.3 Å². The highest BCUT2D eigenvalue weighted by Gasteiger charge is 2.21. The van der Waals surface area contributed by atoms with E-state index < -0.39 is 0 Å². The van der Waals surface area contributed by atoms with E-state index in [4.69, 9.17) is 0 Å². The number of hydrogen-bond donors (Lipinski definition) is 2. The molecule has 3 heterocycles. The quantitative estimate of drug-likeness (QED) is 0.561. The molecule has 0 aliphatic heterocycles. The predicted octanol–water partition coefficient (Wildman–Crippen LogP) is 3.19. The zero-order valence-corrected chi connectivity index (χ0v) is 16.1. The lowest BCUT2D eigenvalue weighted by Crippen LogP contribution is -2.32. The molecular weight excluding hydrogens is 352 g/mol. The van der Waals surface area contributed by atoms with Crippen LogP contribution in [0, 0.1) is 6.92 Å². The Hall–Kier alpha value is -3.48. The Morgan fingerprint density at radius 3 is 2.75 bits per heavy atom. The van der Waals surface area contributed by atoms with Crippen molar-refractivity contribution in [2.75, 3.05) is 0 Å². The van der Waals surface area contributed by atoms with Crippen LogP contribution in [0.4, 0.5) is 0 Å². The summed E-state index contributed by atoms with van der Waals surface area (Å²) in [5.74, 6) is 2.04. The van der Waals surface area contributed by atoms with Crippen LogP contribution in [0.1, 0.15) is 25.2 Å². The van der Waals surface area contributed by atoms with Crippen molar-refractivity contribution in [2.45, 2.75) is 33.2 Å². The molecule has 0 fully saturated rings. The Bertz CT molecular complexity index is 1130. The second-order valence-electron chi connectivity index (χ2n) is 6.91. The van der Waals surface area contributed by atoms with Gasteiger partial charge in [0.1, 0.15) is 5.82 Å². The number of fused-ring (bicyclic) bond motifs is 1. The fraction of sp³-hybridized carbons (Fsp3) is 0.238. The molecule has 1 amide bonds. The van der Waals surface area contributed by atoms with Gasteiger partial charge in [0.05, 0.1) is 5.69 Å². The third-order valence-corrected chi connectivity index (χ3v) is 4.58. The standard InChI is InChI=1S/C21H22N6O/c1-13(23-15(3)28)12-17-16-8-4-5-9-18(16)25-20(17)21-24-14(2)26-27(21)19-10-6-7-11-22-19/h4-11,13,25H,12H2,1-3H3,(H,23,28)/t13-/m1/s1. The molecule has 0 bridgehead atoms. The molecule has 4 rings (SSSR count). The van der Waals surface area contributed by atoms with E-state index in [9.17, 15) is 4.79 Å². The van der Waals surface area contributed by atoms with Gasteiger partial charge in [0.25, 0.3) is 0 Å². The lowest BCUT2D eigenvalue weighted by atomic mass is 10.0. The van der Waals surface area contributed by atoms with E-state index in [-0.39, 0.29) is 11.9 Å². The van der Waals surface area contributed by atoms with E-state index in [1.807, 2.05) is 50.2 Å². The van der Waals surface area contributed by atoms with E-state index in [1.54, 1.807) is 10.9 Å². The van der Waals surface area contributed by atoms with E-state index in [0.29, 0.717) is 23.9 Å². The number of aromatic nitrogens is 5. The number of nitrogens with zero attached hydrogens (tertiary/aromatic N) is 4. The fourth-order valence-corrected chi connectivity index (χ4v) is 3.52. The number of pyridine rings is 1. The Morgan fingerprint density at radius 2 is 2.00 bits per heavy atom. The number of carbonyl (C=O) groups is 1. The maximum Gasteiger partial charge on any atom is 0.217 e. The number of aryl methyl sites for hydroxylation is 1. The first-order valence-corrected chi connectivity index (χ1v) is 9.25. The van der Waals surface area contributed by atoms with E-state index in [1.165, 1.54) is 6.92 Å². The molecule has 0 saturated carbocycles. The van der Waals surface area contributed by atoms with Gasteiger partial charge in [-0.25, -0.2) is 9.97 Å². The zero-order valence-electron chi connectivity index (χ0n) is 16.1. The van der Waals surface area contributed by atoms with Crippen molar-refractivity contribution >= 4 is 16.8 Å². The van der Waals surface area contributed by atoms with Crippen molar-refractivity contribution < 1.29 is 4.79 Å². The summed E-state index contributed by atoms with van der Waals surface area (Å²) in [4.78, 5) is 24.1. The van der Waals surface area contributed by atoms with Gasteiger partial charge in [0.2, 0.25) is 5.91 Å². The molecular formula is C21H22N6O. The topological polar surface area (TPSA) is 88.5 Å². The summed E-state index contributed by atoms with van der Waals surface area (Å²) < 4.78 is 1.76. The van der Waals surface area contributed by atoms with Gasteiger partial charge in [-0.3, -0.25) is 4.79 Å². The Balaban J connectivity index is 1.88. The second-order valence-corrected chi connectivity index (χ2v) is 6.91. The number of carbonyl (C=O) groups excluding carboxylic acids is 1. The molecule has 0 radical (unpaired) electrons. The number of amides is 1. The highest BCUT2D eigenvalue weighted by atomic mass is 16.1. The highest BCUT2D eigenvalue weighted by molar-refractivity contribution is 5.90. The average molecular weight is 374 g/mol. The van der Waals surface area contributed by atoms with Crippen LogP contribution in [-0.4, -0.2) is 36.7 Å². The minimum Gasteiger partial charge on any atom is -0.354 e. The summed E-state index contributed by atoms with van der Waals surface area (Å²) in [7, 11) is 0. The molecule has 1 aromatic carbocycles. The Kier molecular flexibility index (Phi) is 4.65. The summed E-state index contributed by atoms with van der Waals surface area (Å²) in [6.07, 6.45) is 2.41. The second kappa shape index (κ2) is 7.26. The lowest BCUT2D eigenvalue weighted by Gasteiger charge is -2.13. The molecule has 0 spiro atoms. The van der Waals surface area contributed by atoms with Gasteiger partial charge in [-0.05, 0) is 44.0 Å². The van der Waals surface area contributed by atoms with Gasteiger partial charge in [-0.1, -0.05) is 24.3 Å². The van der Waals surface area contributed by atoms with Gasteiger partial charge >= 0.3 is 0 Å². The minimum atomic E-state index is -0.0404. The van der Waals surface area contributed by atoms with Crippen LogP contribution < -0.4 is 5.32 Å². The highest BCUT2D eigenvalue weighted by Crippen LogP contribution is 2.31. The van der Waals surface area contributed by atoms with E-state index in [2.05, 4.69) is 31.4 Å². The summed E-state index contributed by atoms with van der Waals surface area (Å²) in [5, 5.41) is 8.63. The van der Waals surface area contributed by atoms with Crippen LogP contribution >= 0.6 is 0 Å². The number of H-pyrrole nitrogens is 1. The molecule has 7 nitrogen and oxygen atoms in total. The molecule has 7 heteroatoms. The molecule has 3 aromatic heterocycles. The van der Waals surface area contributed by atoms with Gasteiger partial charge in [0, 0.05) is 30.1 Å². The molecule has 28 heavy (non-hydrogen) atoms. The van der Waals surface area contributed by atoms with Crippen molar-refractivity contribution in [2.24, 2.45) is 0 Å². The number of benzene rings is 1. The molecule has 0 aliphatic rings. The normalized spacial score (nSPS) is 12.2. The lowest BCUT2D eigenvalue weighted by molar-refractivity contribution is -0.119. The maximum atomic E-state index is 11.5. The monoisotopic (exact) mass is 374 g/mol. The smallest absolute Gasteiger partial charge is 0.217 e. The molecule has 0 saturated heterocycles. The third kappa shape index (κ3) is 3.38. The number of para-hydroxylation sites is 1. The minimum absolute atomic E-state index is 0.0113. The molecule has 0 aliphatic carbocycles. The van der Waals surface area contributed by atoms with Crippen molar-refractivity contribution in [1.29, 1.82) is 0 Å². The molecule has 1 atom stereocenters. The van der Waals surface area contributed by atoms with Gasteiger partial charge in [0.15, 0.2) is 11.6 Å². The first-order valence-electron chi connectivity index (χ1n) is 9.25. The van der Waals surface area contributed by atoms with Crippen LogP contribution in [0.2, 0.25) is 0 Å². The molecule has 0 unspecified atom stereocenters. The summed E-state index contributed by atoms with van der Waals surface area (Å²) in [6.45, 7) is 5.40. The molecule has 2 N–H and O–H groups in total. The van der Waals surface area contributed by atoms with Crippen LogP contribution in [0.25, 0.3) is 28.2 Å². The van der Waals surface area contributed by atoms with Gasteiger partial charge in [-0.2, -0.15) is 4.68 Å². The average Bonchev–Trinajstić information content (AvgIpc) is 3.22. The summed E-state index contributed by atoms with van der Waals surface area (Å²) >= 11 is 0. The first kappa shape index (κ1) is 17.9. The Labute approximate surface area is 162 Å². The summed E-state index contributed by atoms with van der Waals surface area (Å²) in [6, 6.07) is 13.8. The maximum absolute atomic E-state index is 11.5. The number of nitrogens with one attached hydrogen (secondary N) is 2. The first-order chi connectivity index (χ1) is 13.5. The largest absolute Gasteiger partial charge is 0.354 e. The van der Waals surface area contributed by atoms with Crippen LogP contribution in [0.5, 0.6) is 0 Å². The number of rotatable bonds is 5. The Morgan fingerprint density at radius 1 is 1.21 bits per heavy atom. The predicted molar refractivity (Wildman–Crippen MR) is 108 cm³/mol. The van der Waals surface area contributed by atoms with E-state index >= 15 is 0 Å².